The molecule has 2 aliphatic rings. The van der Waals surface area contributed by atoms with E-state index < -0.39 is 18.8 Å². The van der Waals surface area contributed by atoms with Gasteiger partial charge in [0.1, 0.15) is 18.8 Å². The fraction of sp³-hybridized carbons (Fsp3) is 0.846. The maximum absolute atomic E-state index is 12.7. The summed E-state index contributed by atoms with van der Waals surface area (Å²) in [6.07, 6.45) is 1.95. The number of nitrogens with zero attached hydrogens (tertiary/aromatic N) is 1. The number of rotatable bonds is 3. The van der Waals surface area contributed by atoms with E-state index in [0.29, 0.717) is 0 Å². The Balaban J connectivity index is 2.24. The first kappa shape index (κ1) is 13.3. The molecule has 2 fully saturated rings. The van der Waals surface area contributed by atoms with Gasteiger partial charge in [-0.3, -0.25) is 9.59 Å². The van der Waals surface area contributed by atoms with E-state index in [-0.39, 0.29) is 29.7 Å². The van der Waals surface area contributed by atoms with Crippen LogP contribution >= 0.6 is 0 Å². The quantitative estimate of drug-likeness (QED) is 0.822. The van der Waals surface area contributed by atoms with Crippen LogP contribution in [-0.4, -0.2) is 42.0 Å². The first-order chi connectivity index (χ1) is 8.36. The highest BCUT2D eigenvalue weighted by atomic mass is 19.1. The van der Waals surface area contributed by atoms with Crippen molar-refractivity contribution in [2.24, 2.45) is 11.3 Å². The van der Waals surface area contributed by atoms with Crippen molar-refractivity contribution >= 4 is 11.8 Å². The van der Waals surface area contributed by atoms with Crippen molar-refractivity contribution in [1.82, 2.24) is 10.2 Å². The molecule has 0 aromatic heterocycles. The lowest BCUT2D eigenvalue weighted by atomic mass is 9.82. The average molecular weight is 256 g/mol. The predicted octanol–water partition coefficient (Wildman–Crippen LogP) is 1.11. The van der Waals surface area contributed by atoms with Gasteiger partial charge < -0.3 is 10.2 Å². The summed E-state index contributed by atoms with van der Waals surface area (Å²) in [4.78, 5) is 26.0. The molecule has 0 bridgehead atoms. The van der Waals surface area contributed by atoms with Gasteiger partial charge in [-0.05, 0) is 24.2 Å². The highest BCUT2D eigenvalue weighted by molar-refractivity contribution is 5.97. The molecule has 102 valence electrons. The van der Waals surface area contributed by atoms with E-state index in [1.165, 1.54) is 4.90 Å². The number of nitrogens with one attached hydrogen (secondary N) is 1. The van der Waals surface area contributed by atoms with Gasteiger partial charge in [0.2, 0.25) is 11.8 Å². The van der Waals surface area contributed by atoms with Gasteiger partial charge in [0.25, 0.3) is 0 Å². The molecular formula is C13H21FN2O2. The minimum absolute atomic E-state index is 0.0113. The third-order valence-electron chi connectivity index (χ3n) is 3.65. The molecule has 1 saturated carbocycles. The minimum Gasteiger partial charge on any atom is -0.342 e. The number of carbonyl (C=O) groups excluding carboxylic acids is 2. The fourth-order valence-corrected chi connectivity index (χ4v) is 2.68. The molecule has 1 aliphatic carbocycles. The Bertz CT molecular complexity index is 360. The zero-order chi connectivity index (χ0) is 13.5. The summed E-state index contributed by atoms with van der Waals surface area (Å²) >= 11 is 0. The van der Waals surface area contributed by atoms with Gasteiger partial charge in [-0.1, -0.05) is 20.8 Å². The molecule has 1 heterocycles. The first-order valence-corrected chi connectivity index (χ1v) is 6.53. The van der Waals surface area contributed by atoms with E-state index >= 15 is 0 Å². The Morgan fingerprint density at radius 1 is 1.33 bits per heavy atom. The third kappa shape index (κ3) is 2.35. The average Bonchev–Trinajstić information content (AvgIpc) is 3.05. The molecule has 2 rings (SSSR count). The van der Waals surface area contributed by atoms with E-state index in [9.17, 15) is 14.0 Å². The van der Waals surface area contributed by atoms with Gasteiger partial charge >= 0.3 is 0 Å². The standard InChI is InChI=1S/C13H21FN2O2/c1-13(2,3)10-11(17)15-9(8-4-5-8)12(18)16(10)7-6-14/h8-10H,4-7H2,1-3H3,(H,15,17). The molecule has 0 radical (unpaired) electrons. The molecule has 4 nitrogen and oxygen atoms in total. The number of alkyl halides is 1. The van der Waals surface area contributed by atoms with Crippen LogP contribution in [0.3, 0.4) is 0 Å². The summed E-state index contributed by atoms with van der Waals surface area (Å²) in [5, 5.41) is 2.82. The molecule has 2 atom stereocenters. The normalized spacial score (nSPS) is 29.4. The Morgan fingerprint density at radius 3 is 2.39 bits per heavy atom. The summed E-state index contributed by atoms with van der Waals surface area (Å²) in [5.74, 6) is -0.00777. The van der Waals surface area contributed by atoms with E-state index in [2.05, 4.69) is 5.32 Å². The van der Waals surface area contributed by atoms with Crippen LogP contribution in [0.25, 0.3) is 0 Å². The molecular weight excluding hydrogens is 235 g/mol. The molecule has 1 aliphatic heterocycles. The van der Waals surface area contributed by atoms with Crippen molar-refractivity contribution in [2.45, 2.75) is 45.7 Å². The van der Waals surface area contributed by atoms with Gasteiger partial charge in [0.05, 0.1) is 0 Å². The number of carbonyl (C=O) groups is 2. The number of piperazine rings is 1. The highest BCUT2D eigenvalue weighted by Gasteiger charge is 2.49. The molecule has 1 N–H and O–H groups in total. The second-order valence-corrected chi connectivity index (χ2v) is 6.31. The number of hydrogen-bond donors (Lipinski definition) is 1. The van der Waals surface area contributed by atoms with Gasteiger partial charge in [0, 0.05) is 6.54 Å². The Hall–Kier alpha value is -1.13. The zero-order valence-electron chi connectivity index (χ0n) is 11.2. The molecule has 2 amide bonds. The van der Waals surface area contributed by atoms with Gasteiger partial charge in [-0.2, -0.15) is 0 Å². The lowest BCUT2D eigenvalue weighted by Gasteiger charge is -2.44. The van der Waals surface area contributed by atoms with Crippen LogP contribution in [-0.2, 0) is 9.59 Å². The van der Waals surface area contributed by atoms with E-state index in [1.807, 2.05) is 20.8 Å². The molecule has 18 heavy (non-hydrogen) atoms. The molecule has 5 heteroatoms. The Morgan fingerprint density at radius 2 is 1.94 bits per heavy atom. The van der Waals surface area contributed by atoms with Crippen molar-refractivity contribution in [3.63, 3.8) is 0 Å². The van der Waals surface area contributed by atoms with Crippen molar-refractivity contribution in [3.8, 4) is 0 Å². The third-order valence-corrected chi connectivity index (χ3v) is 3.65. The molecule has 1 saturated heterocycles. The number of amides is 2. The predicted molar refractivity (Wildman–Crippen MR) is 65.6 cm³/mol. The monoisotopic (exact) mass is 256 g/mol. The molecule has 2 unspecified atom stereocenters. The first-order valence-electron chi connectivity index (χ1n) is 6.53. The maximum atomic E-state index is 12.7. The number of halogens is 1. The minimum atomic E-state index is -0.608. The van der Waals surface area contributed by atoms with Crippen LogP contribution in [0.5, 0.6) is 0 Å². The van der Waals surface area contributed by atoms with Crippen LogP contribution in [0.15, 0.2) is 0 Å². The van der Waals surface area contributed by atoms with E-state index in [4.69, 9.17) is 0 Å². The smallest absolute Gasteiger partial charge is 0.246 e. The lowest BCUT2D eigenvalue weighted by molar-refractivity contribution is -0.154. The van der Waals surface area contributed by atoms with E-state index in [1.54, 1.807) is 0 Å². The van der Waals surface area contributed by atoms with Gasteiger partial charge in [0.15, 0.2) is 0 Å². The zero-order valence-corrected chi connectivity index (χ0v) is 11.2. The van der Waals surface area contributed by atoms with Crippen LogP contribution in [0.2, 0.25) is 0 Å². The number of hydrogen-bond acceptors (Lipinski definition) is 2. The second kappa shape index (κ2) is 4.52. The molecule has 0 aromatic rings. The summed E-state index contributed by atoms with van der Waals surface area (Å²) < 4.78 is 12.7. The highest BCUT2D eigenvalue weighted by Crippen LogP contribution is 2.37. The van der Waals surface area contributed by atoms with Crippen LogP contribution in [0.4, 0.5) is 4.39 Å². The van der Waals surface area contributed by atoms with Crippen molar-refractivity contribution in [3.05, 3.63) is 0 Å². The Labute approximate surface area is 107 Å². The fourth-order valence-electron chi connectivity index (χ4n) is 2.68. The van der Waals surface area contributed by atoms with Crippen molar-refractivity contribution in [2.75, 3.05) is 13.2 Å². The second-order valence-electron chi connectivity index (χ2n) is 6.31. The molecule has 0 spiro atoms. The summed E-state index contributed by atoms with van der Waals surface area (Å²) in [6, 6.07) is -1.00. The van der Waals surface area contributed by atoms with Crippen molar-refractivity contribution in [1.29, 1.82) is 0 Å². The lowest BCUT2D eigenvalue weighted by Crippen LogP contribution is -2.67. The summed E-state index contributed by atoms with van der Waals surface area (Å²) in [5.41, 5.74) is -0.385. The topological polar surface area (TPSA) is 49.4 Å². The summed E-state index contributed by atoms with van der Waals surface area (Å²) in [6.45, 7) is 5.09. The van der Waals surface area contributed by atoms with Gasteiger partial charge in [-0.15, -0.1) is 0 Å². The largest absolute Gasteiger partial charge is 0.342 e. The Kier molecular flexibility index (Phi) is 3.34. The van der Waals surface area contributed by atoms with Crippen LogP contribution < -0.4 is 5.32 Å². The maximum Gasteiger partial charge on any atom is 0.246 e. The van der Waals surface area contributed by atoms with E-state index in [0.717, 1.165) is 12.8 Å². The van der Waals surface area contributed by atoms with Crippen LogP contribution in [0.1, 0.15) is 33.6 Å². The van der Waals surface area contributed by atoms with Crippen LogP contribution in [0, 0.1) is 11.3 Å². The van der Waals surface area contributed by atoms with Crippen molar-refractivity contribution < 1.29 is 14.0 Å². The van der Waals surface area contributed by atoms with Gasteiger partial charge in [-0.25, -0.2) is 4.39 Å². The molecule has 0 aromatic carbocycles. The SMILES string of the molecule is CC(C)(C)C1C(=O)NC(C2CC2)C(=O)N1CCF. The summed E-state index contributed by atoms with van der Waals surface area (Å²) in [7, 11) is 0.